The summed E-state index contributed by atoms with van der Waals surface area (Å²) in [5.74, 6) is -1.07. The van der Waals surface area contributed by atoms with E-state index in [1.807, 2.05) is 36.4 Å². The Bertz CT molecular complexity index is 1650. The van der Waals surface area contributed by atoms with Crippen LogP contribution in [-0.2, 0) is 16.6 Å². The molecule has 5 rings (SSSR count). The monoisotopic (exact) mass is 496 g/mol. The summed E-state index contributed by atoms with van der Waals surface area (Å²) in [6.07, 6.45) is -1.17. The minimum atomic E-state index is -1.17. The number of carbonyl (C=O) groups excluding carboxylic acids is 2. The van der Waals surface area contributed by atoms with Crippen LogP contribution in [0, 0.1) is 6.92 Å². The van der Waals surface area contributed by atoms with Crippen LogP contribution in [0.1, 0.15) is 23.0 Å². The number of oxazole rings is 1. The number of esters is 1. The van der Waals surface area contributed by atoms with Gasteiger partial charge >= 0.3 is 5.97 Å². The van der Waals surface area contributed by atoms with Gasteiger partial charge in [0, 0.05) is 7.05 Å². The van der Waals surface area contributed by atoms with E-state index in [9.17, 15) is 14.4 Å². The van der Waals surface area contributed by atoms with E-state index in [1.165, 1.54) is 11.6 Å². The molecular weight excluding hydrogens is 472 g/mol. The van der Waals surface area contributed by atoms with Crippen molar-refractivity contribution in [2.75, 3.05) is 5.32 Å². The highest BCUT2D eigenvalue weighted by Crippen LogP contribution is 2.27. The first kappa shape index (κ1) is 23.8. The van der Waals surface area contributed by atoms with Gasteiger partial charge in [0.1, 0.15) is 11.2 Å². The van der Waals surface area contributed by atoms with Crippen LogP contribution in [0.2, 0.25) is 0 Å². The highest BCUT2D eigenvalue weighted by atomic mass is 16.5. The predicted octanol–water partition coefficient (Wildman–Crippen LogP) is 4.48. The molecule has 186 valence electrons. The van der Waals surface area contributed by atoms with Gasteiger partial charge in [0.05, 0.1) is 22.5 Å². The molecule has 9 heteroatoms. The van der Waals surface area contributed by atoms with Gasteiger partial charge < -0.3 is 14.5 Å². The Hall–Kier alpha value is -4.92. The molecule has 5 aromatic rings. The van der Waals surface area contributed by atoms with Crippen molar-refractivity contribution in [3.63, 3.8) is 0 Å². The molecule has 0 aliphatic heterocycles. The molecule has 0 aliphatic carbocycles. The minimum absolute atomic E-state index is 0.117. The number of hydrogen-bond donors (Lipinski definition) is 1. The Kier molecular flexibility index (Phi) is 6.19. The van der Waals surface area contributed by atoms with Crippen LogP contribution in [-0.4, -0.2) is 32.3 Å². The molecule has 0 spiro atoms. The quantitative estimate of drug-likeness (QED) is 0.347. The van der Waals surface area contributed by atoms with Crippen LogP contribution in [0.3, 0.4) is 0 Å². The van der Waals surface area contributed by atoms with Crippen LogP contribution in [0.25, 0.3) is 28.2 Å². The van der Waals surface area contributed by atoms with Crippen LogP contribution in [0.4, 0.5) is 5.69 Å². The maximum absolute atomic E-state index is 13.1. The van der Waals surface area contributed by atoms with Crippen molar-refractivity contribution in [1.82, 2.24) is 14.3 Å². The SMILES string of the molecule is Cc1c(NC(=O)C(C)OC(=O)c2ccccc2-c2nc3ccccc3o2)c(=O)n(-c2ccccc2)n1C. The summed E-state index contributed by atoms with van der Waals surface area (Å²) >= 11 is 0. The molecule has 1 N–H and O–H groups in total. The van der Waals surface area contributed by atoms with E-state index >= 15 is 0 Å². The molecule has 0 saturated carbocycles. The van der Waals surface area contributed by atoms with Crippen LogP contribution in [0.5, 0.6) is 0 Å². The minimum Gasteiger partial charge on any atom is -0.449 e. The molecule has 0 fully saturated rings. The predicted molar refractivity (Wildman–Crippen MR) is 139 cm³/mol. The van der Waals surface area contributed by atoms with E-state index in [0.717, 1.165) is 0 Å². The molecule has 37 heavy (non-hydrogen) atoms. The Morgan fingerprint density at radius 2 is 1.65 bits per heavy atom. The van der Waals surface area contributed by atoms with Gasteiger partial charge in [-0.15, -0.1) is 0 Å². The van der Waals surface area contributed by atoms with Crippen molar-refractivity contribution in [2.24, 2.45) is 7.05 Å². The lowest BCUT2D eigenvalue weighted by Gasteiger charge is -2.14. The smallest absolute Gasteiger partial charge is 0.339 e. The fourth-order valence-electron chi connectivity index (χ4n) is 4.05. The maximum Gasteiger partial charge on any atom is 0.339 e. The molecule has 1 atom stereocenters. The zero-order valence-corrected chi connectivity index (χ0v) is 20.5. The van der Waals surface area contributed by atoms with Crippen molar-refractivity contribution >= 4 is 28.7 Å². The summed E-state index contributed by atoms with van der Waals surface area (Å²) in [7, 11) is 1.73. The number of fused-ring (bicyclic) bond motifs is 1. The number of para-hydroxylation sites is 3. The average Bonchev–Trinajstić information content (AvgIpc) is 3.44. The topological polar surface area (TPSA) is 108 Å². The molecule has 3 aromatic carbocycles. The van der Waals surface area contributed by atoms with Gasteiger partial charge in [0.15, 0.2) is 11.7 Å². The Morgan fingerprint density at radius 1 is 0.973 bits per heavy atom. The second-order valence-corrected chi connectivity index (χ2v) is 8.51. The molecule has 2 heterocycles. The fraction of sp³-hybridized carbons (Fsp3) is 0.143. The van der Waals surface area contributed by atoms with Crippen molar-refractivity contribution in [3.05, 3.63) is 100 Å². The average molecular weight is 497 g/mol. The number of ether oxygens (including phenoxy) is 1. The van der Waals surface area contributed by atoms with E-state index in [0.29, 0.717) is 28.0 Å². The zero-order valence-electron chi connectivity index (χ0n) is 20.5. The third-order valence-electron chi connectivity index (χ3n) is 6.13. The van der Waals surface area contributed by atoms with Crippen LogP contribution in [0.15, 0.2) is 88.1 Å². The first-order chi connectivity index (χ1) is 17.8. The number of rotatable bonds is 6. The largest absolute Gasteiger partial charge is 0.449 e. The number of amides is 1. The van der Waals surface area contributed by atoms with E-state index in [2.05, 4.69) is 10.3 Å². The summed E-state index contributed by atoms with van der Waals surface area (Å²) in [6, 6.07) is 23.1. The number of hydrogen-bond acceptors (Lipinski definition) is 6. The third kappa shape index (κ3) is 4.42. The molecule has 0 radical (unpaired) electrons. The number of carbonyl (C=O) groups is 2. The van der Waals surface area contributed by atoms with E-state index in [4.69, 9.17) is 9.15 Å². The second-order valence-electron chi connectivity index (χ2n) is 8.51. The van der Waals surface area contributed by atoms with E-state index in [-0.39, 0.29) is 22.7 Å². The number of anilines is 1. The zero-order chi connectivity index (χ0) is 26.1. The Labute approximate surface area is 211 Å². The molecule has 1 amide bonds. The van der Waals surface area contributed by atoms with Gasteiger partial charge in [-0.2, -0.15) is 0 Å². The summed E-state index contributed by atoms with van der Waals surface area (Å²) in [6.45, 7) is 3.17. The van der Waals surface area contributed by atoms with Gasteiger partial charge in [-0.1, -0.05) is 42.5 Å². The number of nitrogens with zero attached hydrogens (tertiary/aromatic N) is 3. The van der Waals surface area contributed by atoms with Gasteiger partial charge in [-0.05, 0) is 50.2 Å². The van der Waals surface area contributed by atoms with Gasteiger partial charge in [0.25, 0.3) is 11.5 Å². The highest BCUT2D eigenvalue weighted by molar-refractivity contribution is 6.00. The molecule has 0 saturated heterocycles. The second kappa shape index (κ2) is 9.62. The summed E-state index contributed by atoms with van der Waals surface area (Å²) in [4.78, 5) is 43.5. The van der Waals surface area contributed by atoms with Crippen LogP contribution < -0.4 is 10.9 Å². The molecular formula is C28H24N4O5. The number of nitrogens with one attached hydrogen (secondary N) is 1. The fourth-order valence-corrected chi connectivity index (χ4v) is 4.05. The van der Waals surface area contributed by atoms with Gasteiger partial charge in [-0.3, -0.25) is 14.3 Å². The Morgan fingerprint density at radius 3 is 2.41 bits per heavy atom. The summed E-state index contributed by atoms with van der Waals surface area (Å²) in [5.41, 5.74) is 2.85. The summed E-state index contributed by atoms with van der Waals surface area (Å²) < 4.78 is 14.4. The standard InChI is InChI=1S/C28H24N4O5/c1-17-24(27(34)32(31(17)3)19-11-5-4-6-12-19)30-25(33)18(2)36-28(35)21-14-8-7-13-20(21)26-29-22-15-9-10-16-23(22)37-26/h4-16,18H,1-3H3,(H,30,33). The summed E-state index contributed by atoms with van der Waals surface area (Å²) in [5, 5.41) is 2.63. The maximum atomic E-state index is 13.1. The first-order valence-corrected chi connectivity index (χ1v) is 11.7. The van der Waals surface area contributed by atoms with Crippen molar-refractivity contribution < 1.29 is 18.7 Å². The lowest BCUT2D eigenvalue weighted by atomic mass is 10.1. The highest BCUT2D eigenvalue weighted by Gasteiger charge is 2.25. The third-order valence-corrected chi connectivity index (χ3v) is 6.13. The van der Waals surface area contributed by atoms with Gasteiger partial charge in [-0.25, -0.2) is 14.5 Å². The normalized spacial score (nSPS) is 11.9. The molecule has 1 unspecified atom stereocenters. The molecule has 0 aliphatic rings. The van der Waals surface area contributed by atoms with E-state index in [1.54, 1.807) is 61.1 Å². The molecule has 0 bridgehead atoms. The molecule has 2 aromatic heterocycles. The number of benzene rings is 3. The lowest BCUT2D eigenvalue weighted by Crippen LogP contribution is -2.32. The lowest BCUT2D eigenvalue weighted by molar-refractivity contribution is -0.123. The number of aromatic nitrogens is 3. The molecule has 9 nitrogen and oxygen atoms in total. The van der Waals surface area contributed by atoms with Crippen molar-refractivity contribution in [1.29, 1.82) is 0 Å². The van der Waals surface area contributed by atoms with Crippen molar-refractivity contribution in [2.45, 2.75) is 20.0 Å². The van der Waals surface area contributed by atoms with E-state index < -0.39 is 18.0 Å². The Balaban J connectivity index is 1.36. The van der Waals surface area contributed by atoms with Gasteiger partial charge in [0.2, 0.25) is 5.89 Å². The van der Waals surface area contributed by atoms with Crippen molar-refractivity contribution in [3.8, 4) is 17.1 Å². The van der Waals surface area contributed by atoms with Crippen LogP contribution >= 0.6 is 0 Å². The first-order valence-electron chi connectivity index (χ1n) is 11.7.